The number of thiophene rings is 1. The summed E-state index contributed by atoms with van der Waals surface area (Å²) in [6.07, 6.45) is 0. The molecule has 144 valence electrons. The Morgan fingerprint density at radius 2 is 1.92 bits per heavy atom. The number of hydrogen-bond donors (Lipinski definition) is 2. The number of halogens is 1. The smallest absolute Gasteiger partial charge is 0.243 e. The highest BCUT2D eigenvalue weighted by molar-refractivity contribution is 14.0. The minimum Gasteiger partial charge on any atom is -0.357 e. The van der Waals surface area contributed by atoms with Crippen molar-refractivity contribution in [2.75, 3.05) is 46.8 Å². The zero-order valence-corrected chi connectivity index (χ0v) is 19.1. The van der Waals surface area contributed by atoms with E-state index in [0.717, 1.165) is 26.2 Å². The standard InChI is InChI=1S/C17H31N5OS.HI/c1-6-18-17(20-12-16(23)21(4)5)19-11-15(22(7-2)8-3)14-9-10-24-13-14;/h9-10,13,15H,6-8,11-12H2,1-5H3,(H2,18,19,20);1H. The fourth-order valence-electron chi connectivity index (χ4n) is 2.41. The maximum absolute atomic E-state index is 11.7. The molecule has 0 radical (unpaired) electrons. The van der Waals surface area contributed by atoms with E-state index in [1.54, 1.807) is 30.3 Å². The fourth-order valence-corrected chi connectivity index (χ4v) is 3.12. The van der Waals surface area contributed by atoms with E-state index in [2.05, 4.69) is 51.2 Å². The Labute approximate surface area is 173 Å². The number of guanidine groups is 1. The third-order valence-electron chi connectivity index (χ3n) is 3.86. The number of carbonyl (C=O) groups is 1. The lowest BCUT2D eigenvalue weighted by molar-refractivity contribution is -0.127. The second-order valence-electron chi connectivity index (χ2n) is 5.66. The first-order valence-corrected chi connectivity index (χ1v) is 9.46. The third-order valence-corrected chi connectivity index (χ3v) is 4.56. The molecule has 8 heteroatoms. The summed E-state index contributed by atoms with van der Waals surface area (Å²) in [5.41, 5.74) is 1.32. The number of likely N-dealkylation sites (N-methyl/N-ethyl adjacent to an activating group) is 2. The van der Waals surface area contributed by atoms with Gasteiger partial charge in [0.2, 0.25) is 5.91 Å². The molecule has 25 heavy (non-hydrogen) atoms. The quantitative estimate of drug-likeness (QED) is 0.323. The molecule has 1 aromatic heterocycles. The van der Waals surface area contributed by atoms with Gasteiger partial charge in [0.15, 0.2) is 5.96 Å². The van der Waals surface area contributed by atoms with E-state index >= 15 is 0 Å². The molecule has 0 aliphatic heterocycles. The Bertz CT molecular complexity index is 503. The van der Waals surface area contributed by atoms with Gasteiger partial charge in [-0.05, 0) is 42.4 Å². The highest BCUT2D eigenvalue weighted by Crippen LogP contribution is 2.22. The van der Waals surface area contributed by atoms with Gasteiger partial charge in [0.1, 0.15) is 6.54 Å². The highest BCUT2D eigenvalue weighted by Gasteiger charge is 2.18. The third kappa shape index (κ3) is 8.37. The van der Waals surface area contributed by atoms with Crippen LogP contribution in [0, 0.1) is 0 Å². The average molecular weight is 481 g/mol. The number of carbonyl (C=O) groups excluding carboxylic acids is 1. The number of hydrogen-bond acceptors (Lipinski definition) is 4. The van der Waals surface area contributed by atoms with E-state index in [1.807, 2.05) is 6.92 Å². The molecule has 1 amide bonds. The van der Waals surface area contributed by atoms with Crippen LogP contribution in [0.15, 0.2) is 21.8 Å². The van der Waals surface area contributed by atoms with Crippen molar-refractivity contribution in [3.05, 3.63) is 22.4 Å². The summed E-state index contributed by atoms with van der Waals surface area (Å²) in [5.74, 6) is 0.672. The number of nitrogens with zero attached hydrogens (tertiary/aromatic N) is 3. The van der Waals surface area contributed by atoms with E-state index in [9.17, 15) is 4.79 Å². The molecule has 0 aliphatic rings. The SMILES string of the molecule is CCNC(=NCC(=O)N(C)C)NCC(c1ccsc1)N(CC)CC.I. The second-order valence-corrected chi connectivity index (χ2v) is 6.44. The summed E-state index contributed by atoms with van der Waals surface area (Å²) >= 11 is 1.72. The van der Waals surface area contributed by atoms with Crippen LogP contribution in [0.2, 0.25) is 0 Å². The van der Waals surface area contributed by atoms with Gasteiger partial charge in [-0.3, -0.25) is 9.69 Å². The molecule has 0 aromatic carbocycles. The maximum Gasteiger partial charge on any atom is 0.243 e. The minimum absolute atomic E-state index is 0. The van der Waals surface area contributed by atoms with Crippen LogP contribution in [0.1, 0.15) is 32.4 Å². The van der Waals surface area contributed by atoms with Crippen LogP contribution < -0.4 is 10.6 Å². The first kappa shape index (κ1) is 24.1. The molecule has 1 heterocycles. The first-order valence-electron chi connectivity index (χ1n) is 8.51. The van der Waals surface area contributed by atoms with Gasteiger partial charge in [-0.2, -0.15) is 11.3 Å². The Morgan fingerprint density at radius 3 is 2.40 bits per heavy atom. The molecular formula is C17H32IN5OS. The molecule has 1 rings (SSSR count). The molecule has 2 N–H and O–H groups in total. The summed E-state index contributed by atoms with van der Waals surface area (Å²) in [6, 6.07) is 2.47. The predicted octanol–water partition coefficient (Wildman–Crippen LogP) is 2.39. The number of rotatable bonds is 9. The van der Waals surface area contributed by atoms with Crippen molar-refractivity contribution < 1.29 is 4.79 Å². The van der Waals surface area contributed by atoms with Gasteiger partial charge >= 0.3 is 0 Å². The van der Waals surface area contributed by atoms with Gasteiger partial charge in [-0.15, -0.1) is 24.0 Å². The Hall–Kier alpha value is -0.870. The molecule has 1 unspecified atom stereocenters. The summed E-state index contributed by atoms with van der Waals surface area (Å²) < 4.78 is 0. The molecule has 0 spiro atoms. The van der Waals surface area contributed by atoms with Gasteiger partial charge in [0.25, 0.3) is 0 Å². The van der Waals surface area contributed by atoms with Crippen molar-refractivity contribution in [3.8, 4) is 0 Å². The van der Waals surface area contributed by atoms with Gasteiger partial charge in [-0.25, -0.2) is 4.99 Å². The van der Waals surface area contributed by atoms with Crippen LogP contribution in [-0.2, 0) is 4.79 Å². The van der Waals surface area contributed by atoms with Crippen LogP contribution in [0.5, 0.6) is 0 Å². The molecule has 1 atom stereocenters. The van der Waals surface area contributed by atoms with Crippen molar-refractivity contribution in [2.24, 2.45) is 4.99 Å². The molecule has 6 nitrogen and oxygen atoms in total. The summed E-state index contributed by atoms with van der Waals surface area (Å²) in [6.45, 7) is 10.0. The largest absolute Gasteiger partial charge is 0.357 e. The predicted molar refractivity (Wildman–Crippen MR) is 118 cm³/mol. The van der Waals surface area contributed by atoms with Crippen LogP contribution in [0.4, 0.5) is 0 Å². The molecular weight excluding hydrogens is 449 g/mol. The van der Waals surface area contributed by atoms with E-state index in [4.69, 9.17) is 0 Å². The van der Waals surface area contributed by atoms with Crippen LogP contribution in [-0.4, -0.2) is 68.5 Å². The van der Waals surface area contributed by atoms with Crippen molar-refractivity contribution in [1.82, 2.24) is 20.4 Å². The van der Waals surface area contributed by atoms with Crippen LogP contribution >= 0.6 is 35.3 Å². The van der Waals surface area contributed by atoms with Crippen LogP contribution in [0.25, 0.3) is 0 Å². The van der Waals surface area contributed by atoms with Crippen molar-refractivity contribution in [1.29, 1.82) is 0 Å². The van der Waals surface area contributed by atoms with E-state index in [-0.39, 0.29) is 36.4 Å². The zero-order valence-electron chi connectivity index (χ0n) is 15.9. The Kier molecular flexibility index (Phi) is 12.9. The average Bonchev–Trinajstić information content (AvgIpc) is 3.09. The van der Waals surface area contributed by atoms with Crippen molar-refractivity contribution in [3.63, 3.8) is 0 Å². The van der Waals surface area contributed by atoms with E-state index in [0.29, 0.717) is 12.0 Å². The monoisotopic (exact) mass is 481 g/mol. The lowest BCUT2D eigenvalue weighted by atomic mass is 10.1. The lowest BCUT2D eigenvalue weighted by Gasteiger charge is -2.30. The summed E-state index contributed by atoms with van der Waals surface area (Å²) in [5, 5.41) is 10.9. The molecule has 1 aromatic rings. The second kappa shape index (κ2) is 13.3. The maximum atomic E-state index is 11.7. The molecule has 0 saturated heterocycles. The highest BCUT2D eigenvalue weighted by atomic mass is 127. The molecule has 0 fully saturated rings. The molecule has 0 aliphatic carbocycles. The van der Waals surface area contributed by atoms with Crippen molar-refractivity contribution >= 4 is 47.2 Å². The van der Waals surface area contributed by atoms with Crippen molar-refractivity contribution in [2.45, 2.75) is 26.8 Å². The van der Waals surface area contributed by atoms with Gasteiger partial charge < -0.3 is 15.5 Å². The molecule has 0 bridgehead atoms. The number of nitrogens with one attached hydrogen (secondary N) is 2. The van der Waals surface area contributed by atoms with Gasteiger partial charge in [0, 0.05) is 27.2 Å². The number of aliphatic imine (C=N–C) groups is 1. The fraction of sp³-hybridized carbons (Fsp3) is 0.647. The Balaban J connectivity index is 0.00000576. The lowest BCUT2D eigenvalue weighted by Crippen LogP contribution is -2.43. The Morgan fingerprint density at radius 1 is 1.24 bits per heavy atom. The normalized spacial score (nSPS) is 12.5. The number of amides is 1. The van der Waals surface area contributed by atoms with E-state index in [1.165, 1.54) is 5.56 Å². The first-order chi connectivity index (χ1) is 11.5. The van der Waals surface area contributed by atoms with Gasteiger partial charge in [-0.1, -0.05) is 13.8 Å². The van der Waals surface area contributed by atoms with Gasteiger partial charge in [0.05, 0.1) is 6.04 Å². The van der Waals surface area contributed by atoms with Crippen LogP contribution in [0.3, 0.4) is 0 Å². The minimum atomic E-state index is -0.00895. The van der Waals surface area contributed by atoms with E-state index < -0.39 is 0 Å². The summed E-state index contributed by atoms with van der Waals surface area (Å²) in [7, 11) is 3.48. The summed E-state index contributed by atoms with van der Waals surface area (Å²) in [4.78, 5) is 20.1. The zero-order chi connectivity index (χ0) is 17.9. The topological polar surface area (TPSA) is 60.0 Å². The molecule has 0 saturated carbocycles.